The van der Waals surface area contributed by atoms with E-state index < -0.39 is 0 Å². The molecule has 2 N–H and O–H groups in total. The fourth-order valence-electron chi connectivity index (χ4n) is 2.62. The molecule has 1 aromatic rings. The van der Waals surface area contributed by atoms with E-state index in [9.17, 15) is 0 Å². The van der Waals surface area contributed by atoms with Gasteiger partial charge in [-0.1, -0.05) is 33.6 Å². The fraction of sp³-hybridized carbons (Fsp3) is 0.765. The van der Waals surface area contributed by atoms with Crippen molar-refractivity contribution in [1.29, 1.82) is 0 Å². The van der Waals surface area contributed by atoms with Crippen LogP contribution in [0.4, 0.5) is 0 Å². The lowest BCUT2D eigenvalue weighted by atomic mass is 9.93. The van der Waals surface area contributed by atoms with Crippen LogP contribution in [0.25, 0.3) is 0 Å². The third-order valence-corrected chi connectivity index (χ3v) is 4.86. The zero-order valence-electron chi connectivity index (χ0n) is 14.8. The Morgan fingerprint density at radius 2 is 2.04 bits per heavy atom. The molecule has 6 heteroatoms. The Bertz CT molecular complexity index is 487. The van der Waals surface area contributed by atoms with E-state index in [1.54, 1.807) is 11.3 Å². The molecule has 1 fully saturated rings. The van der Waals surface area contributed by atoms with Gasteiger partial charge in [0.1, 0.15) is 0 Å². The highest BCUT2D eigenvalue weighted by Gasteiger charge is 2.17. The van der Waals surface area contributed by atoms with Crippen molar-refractivity contribution in [1.82, 2.24) is 15.6 Å². The van der Waals surface area contributed by atoms with Crippen LogP contribution in [0.3, 0.4) is 0 Å². The van der Waals surface area contributed by atoms with Crippen LogP contribution >= 0.6 is 35.3 Å². The lowest BCUT2D eigenvalue weighted by Crippen LogP contribution is -2.42. The predicted octanol–water partition coefficient (Wildman–Crippen LogP) is 4.10. The Morgan fingerprint density at radius 3 is 2.61 bits per heavy atom. The molecule has 1 aromatic heterocycles. The largest absolute Gasteiger partial charge is 0.357 e. The summed E-state index contributed by atoms with van der Waals surface area (Å²) in [6.07, 6.45) is 6.14. The maximum absolute atomic E-state index is 4.74. The molecule has 4 nitrogen and oxygen atoms in total. The molecule has 2 rings (SSSR count). The van der Waals surface area contributed by atoms with E-state index in [0.717, 1.165) is 25.5 Å². The first kappa shape index (κ1) is 20.7. The minimum atomic E-state index is 0. The molecule has 1 heterocycles. The van der Waals surface area contributed by atoms with E-state index in [2.05, 4.69) is 43.7 Å². The molecule has 0 atom stereocenters. The van der Waals surface area contributed by atoms with Crippen LogP contribution in [-0.2, 0) is 11.8 Å². The molecule has 23 heavy (non-hydrogen) atoms. The first-order valence-corrected chi connectivity index (χ1v) is 9.36. The van der Waals surface area contributed by atoms with Gasteiger partial charge in [-0.15, -0.1) is 35.3 Å². The smallest absolute Gasteiger partial charge is 0.191 e. The Hall–Kier alpha value is -0.370. The minimum absolute atomic E-state index is 0. The van der Waals surface area contributed by atoms with Gasteiger partial charge in [0, 0.05) is 36.3 Å². The zero-order chi connectivity index (χ0) is 16.0. The van der Waals surface area contributed by atoms with Crippen molar-refractivity contribution in [2.45, 2.75) is 71.3 Å². The maximum Gasteiger partial charge on any atom is 0.191 e. The van der Waals surface area contributed by atoms with Crippen LogP contribution in [0.5, 0.6) is 0 Å². The standard InChI is InChI=1S/C17H30N4S.HI/c1-5-18-16(20-13-8-6-7-9-13)19-11-10-15-21-14(12-22-15)17(2,3)4;/h12-13H,5-11H2,1-4H3,(H2,18,19,20);1H. The molecule has 0 aromatic carbocycles. The molecule has 0 saturated heterocycles. The summed E-state index contributed by atoms with van der Waals surface area (Å²) in [6, 6.07) is 0.602. The lowest BCUT2D eigenvalue weighted by molar-refractivity contribution is 0.570. The number of guanidine groups is 1. The van der Waals surface area contributed by atoms with Gasteiger partial charge in [-0.05, 0) is 19.8 Å². The van der Waals surface area contributed by atoms with Crippen LogP contribution < -0.4 is 10.6 Å². The van der Waals surface area contributed by atoms with Gasteiger partial charge in [0.05, 0.1) is 10.7 Å². The molecule has 0 amide bonds. The first-order valence-electron chi connectivity index (χ1n) is 8.48. The second-order valence-corrected chi connectivity index (χ2v) is 7.96. The summed E-state index contributed by atoms with van der Waals surface area (Å²) < 4.78 is 0. The van der Waals surface area contributed by atoms with Gasteiger partial charge in [-0.2, -0.15) is 0 Å². The summed E-state index contributed by atoms with van der Waals surface area (Å²) >= 11 is 1.75. The summed E-state index contributed by atoms with van der Waals surface area (Å²) in [5, 5.41) is 10.3. The van der Waals surface area contributed by atoms with Crippen molar-refractivity contribution in [2.24, 2.45) is 4.99 Å². The second-order valence-electron chi connectivity index (χ2n) is 7.01. The summed E-state index contributed by atoms with van der Waals surface area (Å²) in [5.74, 6) is 0.960. The van der Waals surface area contributed by atoms with Gasteiger partial charge < -0.3 is 10.6 Å². The number of hydrogen-bond donors (Lipinski definition) is 2. The fourth-order valence-corrected chi connectivity index (χ4v) is 3.63. The van der Waals surface area contributed by atoms with Gasteiger partial charge in [-0.3, -0.25) is 4.99 Å². The normalized spacial score (nSPS) is 16.3. The van der Waals surface area contributed by atoms with Crippen molar-refractivity contribution in [2.75, 3.05) is 13.1 Å². The summed E-state index contributed by atoms with van der Waals surface area (Å²) in [5.41, 5.74) is 1.32. The van der Waals surface area contributed by atoms with Gasteiger partial charge in [-0.25, -0.2) is 4.98 Å². The first-order chi connectivity index (χ1) is 10.5. The molecule has 1 aliphatic carbocycles. The van der Waals surface area contributed by atoms with E-state index >= 15 is 0 Å². The predicted molar refractivity (Wildman–Crippen MR) is 111 cm³/mol. The molecule has 0 radical (unpaired) electrons. The average Bonchev–Trinajstić information content (AvgIpc) is 3.09. The molecule has 1 saturated carbocycles. The highest BCUT2D eigenvalue weighted by Crippen LogP contribution is 2.24. The quantitative estimate of drug-likeness (QED) is 0.404. The van der Waals surface area contributed by atoms with Crippen molar-refractivity contribution in [3.05, 3.63) is 16.1 Å². The monoisotopic (exact) mass is 450 g/mol. The summed E-state index contributed by atoms with van der Waals surface area (Å²) in [6.45, 7) is 10.4. The average molecular weight is 450 g/mol. The van der Waals surface area contributed by atoms with Gasteiger partial charge in [0.25, 0.3) is 0 Å². The van der Waals surface area contributed by atoms with Crippen LogP contribution in [0, 0.1) is 0 Å². The number of halogens is 1. The van der Waals surface area contributed by atoms with Crippen LogP contribution in [0.15, 0.2) is 10.4 Å². The lowest BCUT2D eigenvalue weighted by Gasteiger charge is -2.16. The van der Waals surface area contributed by atoms with E-state index in [1.165, 1.54) is 36.4 Å². The van der Waals surface area contributed by atoms with Crippen molar-refractivity contribution < 1.29 is 0 Å². The highest BCUT2D eigenvalue weighted by molar-refractivity contribution is 14.0. The van der Waals surface area contributed by atoms with Crippen LogP contribution in [0.2, 0.25) is 0 Å². The van der Waals surface area contributed by atoms with E-state index in [4.69, 9.17) is 9.98 Å². The number of rotatable bonds is 5. The van der Waals surface area contributed by atoms with Gasteiger partial charge in [0.15, 0.2) is 5.96 Å². The third-order valence-electron chi connectivity index (χ3n) is 3.96. The van der Waals surface area contributed by atoms with Crippen molar-refractivity contribution in [3.63, 3.8) is 0 Å². The molecule has 0 spiro atoms. The number of nitrogens with zero attached hydrogens (tertiary/aromatic N) is 2. The summed E-state index contributed by atoms with van der Waals surface area (Å²) in [4.78, 5) is 9.44. The summed E-state index contributed by atoms with van der Waals surface area (Å²) in [7, 11) is 0. The van der Waals surface area contributed by atoms with Crippen LogP contribution in [-0.4, -0.2) is 30.1 Å². The molecular formula is C17H31IN4S. The van der Waals surface area contributed by atoms with Gasteiger partial charge >= 0.3 is 0 Å². The molecule has 132 valence electrons. The molecule has 0 unspecified atom stereocenters. The topological polar surface area (TPSA) is 49.3 Å². The van der Waals surface area contributed by atoms with E-state index in [0.29, 0.717) is 6.04 Å². The third kappa shape index (κ3) is 6.95. The minimum Gasteiger partial charge on any atom is -0.357 e. The highest BCUT2D eigenvalue weighted by atomic mass is 127. The Balaban J connectivity index is 0.00000264. The number of aromatic nitrogens is 1. The van der Waals surface area contributed by atoms with Gasteiger partial charge in [0.2, 0.25) is 0 Å². The Morgan fingerprint density at radius 1 is 1.35 bits per heavy atom. The van der Waals surface area contributed by atoms with E-state index in [1.807, 2.05) is 0 Å². The van der Waals surface area contributed by atoms with Crippen molar-refractivity contribution >= 4 is 41.3 Å². The zero-order valence-corrected chi connectivity index (χ0v) is 18.0. The number of aliphatic imine (C=N–C) groups is 1. The Kier molecular flexibility index (Phi) is 8.82. The van der Waals surface area contributed by atoms with E-state index in [-0.39, 0.29) is 29.4 Å². The number of nitrogens with one attached hydrogen (secondary N) is 2. The Labute approximate surface area is 162 Å². The SMILES string of the molecule is CCNC(=NCCc1nc(C(C)(C)C)cs1)NC1CCCC1.I. The molecule has 0 bridgehead atoms. The molecular weight excluding hydrogens is 419 g/mol. The van der Waals surface area contributed by atoms with Crippen LogP contribution in [0.1, 0.15) is 64.1 Å². The number of thiazole rings is 1. The number of hydrogen-bond acceptors (Lipinski definition) is 3. The maximum atomic E-state index is 4.74. The molecule has 1 aliphatic rings. The van der Waals surface area contributed by atoms with Crippen molar-refractivity contribution in [3.8, 4) is 0 Å². The molecule has 0 aliphatic heterocycles. The second kappa shape index (κ2) is 9.81.